The highest BCUT2D eigenvalue weighted by Gasteiger charge is 2.26. The molecule has 0 heterocycles. The van der Waals surface area contributed by atoms with Gasteiger partial charge in [-0.15, -0.1) is 0 Å². The highest BCUT2D eigenvalue weighted by atomic mass is 16.4. The number of nitrogens with zero attached hydrogens (tertiary/aromatic N) is 1. The van der Waals surface area contributed by atoms with E-state index >= 15 is 0 Å². The molecule has 7 heteroatoms. The molecular weight excluding hydrogens is 362 g/mol. The summed E-state index contributed by atoms with van der Waals surface area (Å²) in [4.78, 5) is 32.6. The molecule has 0 aliphatic heterocycles. The smallest absolute Gasteiger partial charge is 0.303 e. The van der Waals surface area contributed by atoms with Crippen molar-refractivity contribution in [1.82, 2.24) is 0 Å². The molecule has 162 valence electrons. The first-order valence-corrected chi connectivity index (χ1v) is 10.4. The molecule has 0 aliphatic rings. The maximum Gasteiger partial charge on any atom is 0.303 e. The Balaban J connectivity index is 4.89. The zero-order chi connectivity index (χ0) is 21.3. The van der Waals surface area contributed by atoms with Crippen LogP contribution in [0.15, 0.2) is 12.2 Å². The van der Waals surface area contributed by atoms with Gasteiger partial charge in [0.05, 0.1) is 39.0 Å². The number of quaternary nitrogens is 1. The number of rotatable bonds is 19. The SMILES string of the molecule is CCCC/C=C\CCC[N+](CCCC(=O)[O-])(CCCC(=O)O)CCCC(=O)O. The van der Waals surface area contributed by atoms with E-state index in [0.717, 1.165) is 32.2 Å². The van der Waals surface area contributed by atoms with Crippen molar-refractivity contribution in [3.63, 3.8) is 0 Å². The van der Waals surface area contributed by atoms with Crippen LogP contribution in [-0.4, -0.2) is 58.8 Å². The number of carbonyl (C=O) groups is 3. The Hall–Kier alpha value is -1.89. The van der Waals surface area contributed by atoms with E-state index in [1.165, 1.54) is 6.42 Å². The zero-order valence-corrected chi connectivity index (χ0v) is 17.2. The van der Waals surface area contributed by atoms with E-state index in [1.807, 2.05) is 0 Å². The van der Waals surface area contributed by atoms with Crippen molar-refractivity contribution < 1.29 is 34.2 Å². The monoisotopic (exact) mass is 399 g/mol. The lowest BCUT2D eigenvalue weighted by Crippen LogP contribution is -2.51. The number of allylic oxidation sites excluding steroid dienone is 2. The van der Waals surface area contributed by atoms with Gasteiger partial charge in [-0.3, -0.25) is 9.59 Å². The Morgan fingerprint density at radius 3 is 1.61 bits per heavy atom. The van der Waals surface area contributed by atoms with E-state index < -0.39 is 17.9 Å². The zero-order valence-electron chi connectivity index (χ0n) is 17.2. The summed E-state index contributed by atoms with van der Waals surface area (Å²) >= 11 is 0. The van der Waals surface area contributed by atoms with Crippen LogP contribution in [0.25, 0.3) is 0 Å². The lowest BCUT2D eigenvalue weighted by atomic mass is 10.1. The van der Waals surface area contributed by atoms with Crippen LogP contribution >= 0.6 is 0 Å². The Kier molecular flexibility index (Phi) is 15.0. The summed E-state index contributed by atoms with van der Waals surface area (Å²) in [6, 6.07) is 0. The molecule has 0 aliphatic carbocycles. The summed E-state index contributed by atoms with van der Waals surface area (Å²) < 4.78 is 0.580. The molecule has 0 spiro atoms. The van der Waals surface area contributed by atoms with E-state index in [9.17, 15) is 19.5 Å². The molecule has 0 fully saturated rings. The van der Waals surface area contributed by atoms with E-state index in [0.29, 0.717) is 43.4 Å². The van der Waals surface area contributed by atoms with E-state index in [1.54, 1.807) is 0 Å². The second kappa shape index (κ2) is 16.1. The molecule has 0 rings (SSSR count). The number of carboxylic acids is 3. The summed E-state index contributed by atoms with van der Waals surface area (Å²) in [5.41, 5.74) is 0. The number of unbranched alkanes of at least 4 members (excludes halogenated alkanes) is 3. The minimum absolute atomic E-state index is 0.0330. The summed E-state index contributed by atoms with van der Waals surface area (Å²) in [7, 11) is 0. The third kappa shape index (κ3) is 15.2. The summed E-state index contributed by atoms with van der Waals surface area (Å²) in [6.07, 6.45) is 11.1. The van der Waals surface area contributed by atoms with Crippen molar-refractivity contribution in [2.75, 3.05) is 26.2 Å². The first-order valence-electron chi connectivity index (χ1n) is 10.4. The van der Waals surface area contributed by atoms with Gasteiger partial charge in [0.1, 0.15) is 0 Å². The second-order valence-corrected chi connectivity index (χ2v) is 7.46. The standard InChI is InChI=1S/C21H37NO6/c1-2-3-4-5-6-7-8-15-22(16-9-12-19(23)24,17-10-13-20(25)26)18-11-14-21(27)28/h5-6H,2-4,7-18H2,1H3,(H2-,23,24,25,26,27,28)/b6-5-. The highest BCUT2D eigenvalue weighted by Crippen LogP contribution is 2.17. The van der Waals surface area contributed by atoms with Crippen molar-refractivity contribution in [3.8, 4) is 0 Å². The molecule has 0 saturated heterocycles. The Labute approximate surface area is 168 Å². The van der Waals surface area contributed by atoms with Crippen molar-refractivity contribution in [2.45, 2.75) is 77.6 Å². The van der Waals surface area contributed by atoms with Gasteiger partial charge in [0.2, 0.25) is 0 Å². The molecule has 0 unspecified atom stereocenters. The second-order valence-electron chi connectivity index (χ2n) is 7.46. The molecule has 0 aromatic rings. The fourth-order valence-electron chi connectivity index (χ4n) is 3.46. The van der Waals surface area contributed by atoms with Crippen molar-refractivity contribution in [3.05, 3.63) is 12.2 Å². The molecule has 0 bridgehead atoms. The van der Waals surface area contributed by atoms with Crippen LogP contribution in [0.5, 0.6) is 0 Å². The topological polar surface area (TPSA) is 115 Å². The van der Waals surface area contributed by atoms with Gasteiger partial charge >= 0.3 is 11.9 Å². The molecular formula is C21H37NO6. The van der Waals surface area contributed by atoms with Crippen LogP contribution in [-0.2, 0) is 14.4 Å². The quantitative estimate of drug-likeness (QED) is 0.196. The number of carboxylic acid groups (broad SMARTS) is 3. The largest absolute Gasteiger partial charge is 0.550 e. The molecule has 7 nitrogen and oxygen atoms in total. The summed E-state index contributed by atoms with van der Waals surface area (Å²) in [5, 5.41) is 28.7. The van der Waals surface area contributed by atoms with Gasteiger partial charge < -0.3 is 24.6 Å². The lowest BCUT2D eigenvalue weighted by Gasteiger charge is -2.39. The van der Waals surface area contributed by atoms with Crippen LogP contribution in [0, 0.1) is 0 Å². The number of aliphatic carboxylic acids is 3. The van der Waals surface area contributed by atoms with Gasteiger partial charge in [0.15, 0.2) is 0 Å². The van der Waals surface area contributed by atoms with E-state index in [4.69, 9.17) is 10.2 Å². The Morgan fingerprint density at radius 2 is 1.18 bits per heavy atom. The van der Waals surface area contributed by atoms with Crippen molar-refractivity contribution in [2.24, 2.45) is 0 Å². The van der Waals surface area contributed by atoms with Crippen molar-refractivity contribution in [1.29, 1.82) is 0 Å². The van der Waals surface area contributed by atoms with Gasteiger partial charge in [0.25, 0.3) is 0 Å². The maximum atomic E-state index is 10.9. The molecule has 28 heavy (non-hydrogen) atoms. The number of hydrogen-bond acceptors (Lipinski definition) is 4. The Bertz CT molecular complexity index is 439. The summed E-state index contributed by atoms with van der Waals surface area (Å²) in [5.74, 6) is -2.79. The third-order valence-corrected chi connectivity index (χ3v) is 4.95. The van der Waals surface area contributed by atoms with Gasteiger partial charge in [-0.1, -0.05) is 31.9 Å². The first kappa shape index (κ1) is 26.1. The van der Waals surface area contributed by atoms with Crippen LogP contribution in [0.2, 0.25) is 0 Å². The first-order chi connectivity index (χ1) is 13.3. The number of carbonyl (C=O) groups excluding carboxylic acids is 1. The van der Waals surface area contributed by atoms with Crippen LogP contribution < -0.4 is 5.11 Å². The fraction of sp³-hybridized carbons (Fsp3) is 0.762. The van der Waals surface area contributed by atoms with Gasteiger partial charge in [-0.05, 0) is 19.3 Å². The van der Waals surface area contributed by atoms with Crippen LogP contribution in [0.4, 0.5) is 0 Å². The molecule has 2 N–H and O–H groups in total. The maximum absolute atomic E-state index is 10.9. The van der Waals surface area contributed by atoms with E-state index in [2.05, 4.69) is 19.1 Å². The molecule has 0 aromatic carbocycles. The summed E-state index contributed by atoms with van der Waals surface area (Å²) in [6.45, 7) is 4.80. The minimum atomic E-state index is -1.09. The van der Waals surface area contributed by atoms with Gasteiger partial charge in [-0.25, -0.2) is 0 Å². The lowest BCUT2D eigenvalue weighted by molar-refractivity contribution is -0.928. The normalized spacial score (nSPS) is 11.8. The minimum Gasteiger partial charge on any atom is -0.550 e. The van der Waals surface area contributed by atoms with Gasteiger partial charge in [0, 0.05) is 31.7 Å². The predicted molar refractivity (Wildman–Crippen MR) is 106 cm³/mol. The highest BCUT2D eigenvalue weighted by molar-refractivity contribution is 5.66. The van der Waals surface area contributed by atoms with E-state index in [-0.39, 0.29) is 19.3 Å². The van der Waals surface area contributed by atoms with Crippen LogP contribution in [0.3, 0.4) is 0 Å². The van der Waals surface area contributed by atoms with Crippen molar-refractivity contribution >= 4 is 17.9 Å². The molecule has 0 atom stereocenters. The average Bonchev–Trinajstić information content (AvgIpc) is 2.60. The predicted octanol–water partition coefficient (Wildman–Crippen LogP) is 2.59. The Morgan fingerprint density at radius 1 is 0.750 bits per heavy atom. The van der Waals surface area contributed by atoms with Crippen LogP contribution in [0.1, 0.15) is 77.6 Å². The molecule has 0 aromatic heterocycles. The molecule has 0 radical (unpaired) electrons. The number of hydrogen-bond donors (Lipinski definition) is 2. The fourth-order valence-corrected chi connectivity index (χ4v) is 3.46. The molecule has 0 saturated carbocycles. The average molecular weight is 400 g/mol. The molecule has 0 amide bonds. The van der Waals surface area contributed by atoms with Gasteiger partial charge in [-0.2, -0.15) is 0 Å². The third-order valence-electron chi connectivity index (χ3n) is 4.95.